The van der Waals surface area contributed by atoms with Crippen molar-refractivity contribution in [2.75, 3.05) is 11.4 Å². The first kappa shape index (κ1) is 16.5. The molecular formula is C19H29N3O. The number of fused-ring (bicyclic) bond motifs is 1. The van der Waals surface area contributed by atoms with Crippen LogP contribution in [-0.2, 0) is 11.2 Å². The van der Waals surface area contributed by atoms with Gasteiger partial charge in [-0.1, -0.05) is 39.3 Å². The third-order valence-electron chi connectivity index (χ3n) is 5.07. The Kier molecular flexibility index (Phi) is 5.02. The smallest absolute Gasteiger partial charge is 0.245 e. The number of benzene rings is 1. The number of carbonyl (C=O) groups excluding carboxylic acids is 1. The van der Waals surface area contributed by atoms with E-state index in [1.807, 2.05) is 4.90 Å². The van der Waals surface area contributed by atoms with Crippen LogP contribution in [-0.4, -0.2) is 24.5 Å². The van der Waals surface area contributed by atoms with Crippen molar-refractivity contribution in [1.82, 2.24) is 10.9 Å². The fraction of sp³-hybridized carbons (Fsp3) is 0.632. The van der Waals surface area contributed by atoms with Crippen molar-refractivity contribution in [3.63, 3.8) is 0 Å². The summed E-state index contributed by atoms with van der Waals surface area (Å²) in [5, 5.41) is 0. The minimum atomic E-state index is -0.0951. The van der Waals surface area contributed by atoms with Crippen molar-refractivity contribution >= 4 is 11.6 Å². The van der Waals surface area contributed by atoms with E-state index >= 15 is 0 Å². The lowest BCUT2D eigenvalue weighted by atomic mass is 9.94. The number of carbonyl (C=O) groups is 1. The van der Waals surface area contributed by atoms with Crippen LogP contribution >= 0.6 is 0 Å². The summed E-state index contributed by atoms with van der Waals surface area (Å²) in [5.74, 6) is 0.747. The zero-order valence-electron chi connectivity index (χ0n) is 14.6. The highest BCUT2D eigenvalue weighted by atomic mass is 16.2. The fourth-order valence-corrected chi connectivity index (χ4v) is 3.72. The Balaban J connectivity index is 1.76. The van der Waals surface area contributed by atoms with Crippen molar-refractivity contribution in [1.29, 1.82) is 0 Å². The Hall–Kier alpha value is -1.39. The zero-order chi connectivity index (χ0) is 16.4. The lowest BCUT2D eigenvalue weighted by Crippen LogP contribution is -2.47. The van der Waals surface area contributed by atoms with Gasteiger partial charge in [0.05, 0.1) is 0 Å². The summed E-state index contributed by atoms with van der Waals surface area (Å²) in [4.78, 5) is 15.0. The monoisotopic (exact) mass is 315 g/mol. The summed E-state index contributed by atoms with van der Waals surface area (Å²) >= 11 is 0. The Morgan fingerprint density at radius 2 is 2.17 bits per heavy atom. The minimum Gasteiger partial charge on any atom is -0.311 e. The highest BCUT2D eigenvalue weighted by Crippen LogP contribution is 2.31. The molecule has 1 fully saturated rings. The molecule has 2 aliphatic heterocycles. The largest absolute Gasteiger partial charge is 0.311 e. The number of hydrazine groups is 1. The van der Waals surface area contributed by atoms with Gasteiger partial charge in [-0.2, -0.15) is 0 Å². The van der Waals surface area contributed by atoms with Gasteiger partial charge < -0.3 is 4.90 Å². The maximum atomic E-state index is 13.0. The Labute approximate surface area is 139 Å². The number of aryl methyl sites for hydroxylation is 1. The third kappa shape index (κ3) is 3.43. The van der Waals surface area contributed by atoms with Gasteiger partial charge >= 0.3 is 0 Å². The van der Waals surface area contributed by atoms with E-state index in [0.29, 0.717) is 12.0 Å². The van der Waals surface area contributed by atoms with E-state index in [2.05, 4.69) is 49.8 Å². The van der Waals surface area contributed by atoms with E-state index in [9.17, 15) is 4.79 Å². The topological polar surface area (TPSA) is 44.4 Å². The third-order valence-corrected chi connectivity index (χ3v) is 5.07. The minimum absolute atomic E-state index is 0.0951. The molecule has 0 aliphatic carbocycles. The molecule has 126 valence electrons. The molecule has 0 spiro atoms. The van der Waals surface area contributed by atoms with Gasteiger partial charge in [0.15, 0.2) is 0 Å². The molecule has 4 nitrogen and oxygen atoms in total. The zero-order valence-corrected chi connectivity index (χ0v) is 14.6. The van der Waals surface area contributed by atoms with Crippen molar-refractivity contribution in [2.24, 2.45) is 0 Å². The Morgan fingerprint density at radius 3 is 2.91 bits per heavy atom. The SMILES string of the molecule is CCCC1CC(C(=O)N2CCCc3cc(C(C)C)ccc32)NN1. The van der Waals surface area contributed by atoms with Crippen LogP contribution in [0.2, 0.25) is 0 Å². The summed E-state index contributed by atoms with van der Waals surface area (Å²) < 4.78 is 0. The van der Waals surface area contributed by atoms with Crippen molar-refractivity contribution in [3.05, 3.63) is 29.3 Å². The molecule has 1 saturated heterocycles. The predicted molar refractivity (Wildman–Crippen MR) is 94.6 cm³/mol. The second-order valence-corrected chi connectivity index (χ2v) is 7.20. The lowest BCUT2D eigenvalue weighted by Gasteiger charge is -2.32. The lowest BCUT2D eigenvalue weighted by molar-refractivity contribution is -0.120. The van der Waals surface area contributed by atoms with E-state index < -0.39 is 0 Å². The second-order valence-electron chi connectivity index (χ2n) is 7.20. The average Bonchev–Trinajstić information content (AvgIpc) is 3.02. The molecule has 2 aliphatic rings. The van der Waals surface area contributed by atoms with E-state index in [1.54, 1.807) is 0 Å². The molecule has 2 N–H and O–H groups in total. The standard InChI is InChI=1S/C19H29N3O/c1-4-6-16-12-17(21-20-16)19(23)22-10-5-7-15-11-14(13(2)3)8-9-18(15)22/h8-9,11,13,16-17,20-21H,4-7,10,12H2,1-3H3. The molecule has 1 amide bonds. The van der Waals surface area contributed by atoms with E-state index in [4.69, 9.17) is 0 Å². The van der Waals surface area contributed by atoms with Crippen LogP contribution in [0.25, 0.3) is 0 Å². The van der Waals surface area contributed by atoms with Crippen molar-refractivity contribution in [3.8, 4) is 0 Å². The summed E-state index contributed by atoms with van der Waals surface area (Å²) in [6.45, 7) is 7.46. The highest BCUT2D eigenvalue weighted by molar-refractivity contribution is 5.98. The second kappa shape index (κ2) is 7.02. The van der Waals surface area contributed by atoms with Gasteiger partial charge in [0.25, 0.3) is 0 Å². The van der Waals surface area contributed by atoms with Gasteiger partial charge in [-0.15, -0.1) is 0 Å². The number of nitrogens with one attached hydrogen (secondary N) is 2. The summed E-state index contributed by atoms with van der Waals surface area (Å²) in [5.41, 5.74) is 10.3. The van der Waals surface area contributed by atoms with Gasteiger partial charge in [0, 0.05) is 18.3 Å². The molecule has 3 rings (SSSR count). The highest BCUT2D eigenvalue weighted by Gasteiger charge is 2.33. The van der Waals surface area contributed by atoms with Crippen LogP contribution in [0.5, 0.6) is 0 Å². The molecule has 1 aromatic carbocycles. The van der Waals surface area contributed by atoms with E-state index in [-0.39, 0.29) is 11.9 Å². The molecule has 0 radical (unpaired) electrons. The number of rotatable bonds is 4. The van der Waals surface area contributed by atoms with Crippen molar-refractivity contribution in [2.45, 2.75) is 70.9 Å². The Morgan fingerprint density at radius 1 is 1.35 bits per heavy atom. The van der Waals surface area contributed by atoms with E-state index in [0.717, 1.165) is 44.3 Å². The van der Waals surface area contributed by atoms with Crippen LogP contribution < -0.4 is 15.8 Å². The normalized spacial score (nSPS) is 24.1. The molecule has 2 unspecified atom stereocenters. The number of hydrogen-bond donors (Lipinski definition) is 2. The van der Waals surface area contributed by atoms with Crippen molar-refractivity contribution < 1.29 is 4.79 Å². The van der Waals surface area contributed by atoms with Gasteiger partial charge in [0.2, 0.25) is 5.91 Å². The fourth-order valence-electron chi connectivity index (χ4n) is 3.72. The van der Waals surface area contributed by atoms with Crippen LogP contribution in [0.4, 0.5) is 5.69 Å². The summed E-state index contributed by atoms with van der Waals surface area (Å²) in [6.07, 6.45) is 5.28. The van der Waals surface area contributed by atoms with Crippen LogP contribution in [0.1, 0.15) is 63.5 Å². The number of hydrogen-bond acceptors (Lipinski definition) is 3. The maximum absolute atomic E-state index is 13.0. The molecule has 0 saturated carbocycles. The van der Waals surface area contributed by atoms with Crippen LogP contribution in [0, 0.1) is 0 Å². The summed E-state index contributed by atoms with van der Waals surface area (Å²) in [6, 6.07) is 6.94. The van der Waals surface area contributed by atoms with Crippen LogP contribution in [0.3, 0.4) is 0 Å². The van der Waals surface area contributed by atoms with Gasteiger partial charge in [-0.25, -0.2) is 5.43 Å². The molecule has 2 heterocycles. The molecule has 1 aromatic rings. The first-order chi connectivity index (χ1) is 11.1. The molecule has 0 aromatic heterocycles. The van der Waals surface area contributed by atoms with Gasteiger partial charge in [-0.3, -0.25) is 10.2 Å². The molecule has 23 heavy (non-hydrogen) atoms. The Bertz CT molecular complexity index is 570. The quantitative estimate of drug-likeness (QED) is 0.897. The average molecular weight is 315 g/mol. The maximum Gasteiger partial charge on any atom is 0.245 e. The molecule has 2 atom stereocenters. The van der Waals surface area contributed by atoms with Gasteiger partial charge in [-0.05, 0) is 48.8 Å². The number of amides is 1. The molecule has 0 bridgehead atoms. The van der Waals surface area contributed by atoms with E-state index in [1.165, 1.54) is 11.1 Å². The first-order valence-electron chi connectivity index (χ1n) is 9.05. The molecule has 4 heteroatoms. The van der Waals surface area contributed by atoms with Gasteiger partial charge in [0.1, 0.15) is 6.04 Å². The predicted octanol–water partition coefficient (Wildman–Crippen LogP) is 3.12. The first-order valence-corrected chi connectivity index (χ1v) is 9.05. The summed E-state index contributed by atoms with van der Waals surface area (Å²) in [7, 11) is 0. The number of nitrogens with zero attached hydrogens (tertiary/aromatic N) is 1. The molecular weight excluding hydrogens is 286 g/mol. The van der Waals surface area contributed by atoms with Crippen LogP contribution in [0.15, 0.2) is 18.2 Å². The number of anilines is 1.